The molecule has 1 amide bonds. The second kappa shape index (κ2) is 6.00. The molecule has 0 aliphatic heterocycles. The van der Waals surface area contributed by atoms with E-state index in [0.717, 1.165) is 6.07 Å². The zero-order chi connectivity index (χ0) is 15.5. The molecule has 1 aromatic carbocycles. The summed E-state index contributed by atoms with van der Waals surface area (Å²) in [6, 6.07) is 5.02. The monoisotopic (exact) mass is 315 g/mol. The Hall–Kier alpha value is -2.29. The van der Waals surface area contributed by atoms with E-state index in [4.69, 9.17) is 0 Å². The maximum atomic E-state index is 12.6. The van der Waals surface area contributed by atoms with E-state index in [2.05, 4.69) is 10.3 Å². The number of halogens is 2. The molecule has 1 aromatic heterocycles. The van der Waals surface area contributed by atoms with E-state index in [1.165, 1.54) is 35.3 Å². The average molecular weight is 315 g/mol. The van der Waals surface area contributed by atoms with Gasteiger partial charge >= 0.3 is 5.76 Å². The zero-order valence-corrected chi connectivity index (χ0v) is 11.4. The largest absolute Gasteiger partial charge is 0.341 e. The topological polar surface area (TPSA) is 81.1 Å². The van der Waals surface area contributed by atoms with Crippen molar-refractivity contribution in [2.75, 3.05) is 5.32 Å². The number of hydrogen-bond donors (Lipinski definition) is 1. The van der Waals surface area contributed by atoms with Gasteiger partial charge in [0.1, 0.15) is 6.54 Å². The van der Waals surface area contributed by atoms with Crippen LogP contribution in [0, 0.1) is 0 Å². The minimum Gasteiger partial charge on any atom is -0.328 e. The second-order valence-corrected chi connectivity index (χ2v) is 5.97. The average Bonchev–Trinajstić information content (AvgIpc) is 2.91. The number of carbonyl (C=O) groups excluding carboxylic acids is 1. The molecule has 0 aliphatic carbocycles. The van der Waals surface area contributed by atoms with Gasteiger partial charge in [-0.1, -0.05) is 12.1 Å². The number of benzene rings is 1. The van der Waals surface area contributed by atoms with Crippen molar-refractivity contribution in [2.45, 2.75) is 17.2 Å². The number of imidazole rings is 1. The van der Waals surface area contributed by atoms with Crippen molar-refractivity contribution in [1.29, 1.82) is 0 Å². The molecule has 0 unspecified atom stereocenters. The van der Waals surface area contributed by atoms with Crippen molar-refractivity contribution < 1.29 is 22.0 Å². The van der Waals surface area contributed by atoms with Gasteiger partial charge in [-0.05, 0) is 12.1 Å². The van der Waals surface area contributed by atoms with Crippen LogP contribution in [0.5, 0.6) is 0 Å². The lowest BCUT2D eigenvalue weighted by molar-refractivity contribution is -0.116. The van der Waals surface area contributed by atoms with Gasteiger partial charge in [-0.2, -0.15) is 8.78 Å². The van der Waals surface area contributed by atoms with Gasteiger partial charge < -0.3 is 9.88 Å². The maximum absolute atomic E-state index is 12.6. The maximum Gasteiger partial charge on any atom is 0.341 e. The summed E-state index contributed by atoms with van der Waals surface area (Å²) in [5.41, 5.74) is -0.178. The van der Waals surface area contributed by atoms with E-state index >= 15 is 0 Å². The highest BCUT2D eigenvalue weighted by molar-refractivity contribution is 7.91. The first-order valence-corrected chi connectivity index (χ1v) is 7.32. The van der Waals surface area contributed by atoms with Crippen molar-refractivity contribution >= 4 is 21.4 Å². The third-order valence-corrected chi connectivity index (χ3v) is 4.03. The quantitative estimate of drug-likeness (QED) is 0.907. The molecule has 0 radical (unpaired) electrons. The molecule has 0 aliphatic rings. The first-order chi connectivity index (χ1) is 9.91. The van der Waals surface area contributed by atoms with E-state index in [1.54, 1.807) is 6.20 Å². The summed E-state index contributed by atoms with van der Waals surface area (Å²) in [6.45, 7) is -0.108. The fourth-order valence-electron chi connectivity index (χ4n) is 1.65. The number of nitrogens with zero attached hydrogens (tertiary/aromatic N) is 2. The fraction of sp³-hybridized carbons (Fsp3) is 0.167. The van der Waals surface area contributed by atoms with E-state index in [-0.39, 0.29) is 12.2 Å². The van der Waals surface area contributed by atoms with Crippen LogP contribution in [0.15, 0.2) is 47.9 Å². The molecular formula is C12H11F2N3O3S. The summed E-state index contributed by atoms with van der Waals surface area (Å²) in [5.74, 6) is -4.10. The van der Waals surface area contributed by atoms with Crippen molar-refractivity contribution in [3.05, 3.63) is 43.0 Å². The van der Waals surface area contributed by atoms with Crippen LogP contribution in [0.4, 0.5) is 14.5 Å². The summed E-state index contributed by atoms with van der Waals surface area (Å²) in [7, 11) is -4.78. The molecule has 0 saturated carbocycles. The molecule has 21 heavy (non-hydrogen) atoms. The molecule has 0 bridgehead atoms. The number of nitrogens with one attached hydrogen (secondary N) is 1. The van der Waals surface area contributed by atoms with Gasteiger partial charge in [0.2, 0.25) is 15.7 Å². The van der Waals surface area contributed by atoms with Crippen molar-refractivity contribution in [1.82, 2.24) is 9.55 Å². The zero-order valence-electron chi connectivity index (χ0n) is 10.6. The van der Waals surface area contributed by atoms with E-state index in [9.17, 15) is 22.0 Å². The van der Waals surface area contributed by atoms with Crippen molar-refractivity contribution in [2.24, 2.45) is 0 Å². The Morgan fingerprint density at radius 3 is 2.67 bits per heavy atom. The van der Waals surface area contributed by atoms with Gasteiger partial charge in [0.15, 0.2) is 0 Å². The van der Waals surface area contributed by atoms with Crippen LogP contribution < -0.4 is 5.32 Å². The first-order valence-electron chi connectivity index (χ1n) is 5.78. The number of anilines is 1. The summed E-state index contributed by atoms with van der Waals surface area (Å²) in [4.78, 5) is 14.9. The third kappa shape index (κ3) is 3.43. The highest BCUT2D eigenvalue weighted by Gasteiger charge is 2.29. The fourth-order valence-corrected chi connectivity index (χ4v) is 2.54. The number of hydrogen-bond acceptors (Lipinski definition) is 4. The molecule has 0 fully saturated rings. The second-order valence-electron chi connectivity index (χ2n) is 4.09. The molecule has 6 nitrogen and oxygen atoms in total. The highest BCUT2D eigenvalue weighted by atomic mass is 32.2. The van der Waals surface area contributed by atoms with Gasteiger partial charge in [0, 0.05) is 12.4 Å². The molecule has 112 valence electrons. The van der Waals surface area contributed by atoms with Gasteiger partial charge in [0.05, 0.1) is 16.9 Å². The molecule has 1 N–H and O–H groups in total. The predicted octanol–water partition coefficient (Wildman–Crippen LogP) is 1.52. The summed E-state index contributed by atoms with van der Waals surface area (Å²) in [5, 5.41) is 2.31. The number of alkyl halides is 2. The van der Waals surface area contributed by atoms with Gasteiger partial charge in [-0.3, -0.25) is 4.79 Å². The van der Waals surface area contributed by atoms with Crippen LogP contribution in [0.3, 0.4) is 0 Å². The number of amides is 1. The Bertz CT molecular complexity index is 730. The van der Waals surface area contributed by atoms with Crippen molar-refractivity contribution in [3.63, 3.8) is 0 Å². The first kappa shape index (κ1) is 15.1. The number of aromatic nitrogens is 2. The van der Waals surface area contributed by atoms with E-state index in [1.807, 2.05) is 0 Å². The Balaban J connectivity index is 2.23. The summed E-state index contributed by atoms with van der Waals surface area (Å²) in [6.07, 6.45) is 4.42. The normalized spacial score (nSPS) is 11.6. The lowest BCUT2D eigenvalue weighted by atomic mass is 10.3. The highest BCUT2D eigenvalue weighted by Crippen LogP contribution is 2.26. The van der Waals surface area contributed by atoms with Gasteiger partial charge in [-0.25, -0.2) is 13.4 Å². The van der Waals surface area contributed by atoms with Crippen LogP contribution in [-0.4, -0.2) is 29.6 Å². The van der Waals surface area contributed by atoms with Crippen LogP contribution >= 0.6 is 0 Å². The molecule has 0 atom stereocenters. The van der Waals surface area contributed by atoms with Gasteiger partial charge in [-0.15, -0.1) is 0 Å². The summed E-state index contributed by atoms with van der Waals surface area (Å²) < 4.78 is 49.7. The van der Waals surface area contributed by atoms with E-state index < -0.39 is 26.4 Å². The number of carbonyl (C=O) groups is 1. The smallest absolute Gasteiger partial charge is 0.328 e. The van der Waals surface area contributed by atoms with Crippen molar-refractivity contribution in [3.8, 4) is 0 Å². The van der Waals surface area contributed by atoms with Gasteiger partial charge in [0.25, 0.3) is 0 Å². The Morgan fingerprint density at radius 1 is 1.33 bits per heavy atom. The molecule has 2 aromatic rings. The molecule has 0 saturated heterocycles. The number of rotatable bonds is 5. The molecule has 0 spiro atoms. The van der Waals surface area contributed by atoms with Crippen LogP contribution in [0.25, 0.3) is 0 Å². The van der Waals surface area contributed by atoms with Crippen LogP contribution in [0.2, 0.25) is 0 Å². The van der Waals surface area contributed by atoms with Crippen LogP contribution in [0.1, 0.15) is 0 Å². The standard InChI is InChI=1S/C12H11F2N3O3S/c13-12(14)21(19,20)10-4-2-1-3-9(10)16-11(18)7-17-6-5-15-8-17/h1-6,8,12H,7H2,(H,16,18). The lowest BCUT2D eigenvalue weighted by Crippen LogP contribution is -2.21. The molecular weight excluding hydrogens is 304 g/mol. The van der Waals surface area contributed by atoms with E-state index in [0.29, 0.717) is 0 Å². The number of sulfone groups is 1. The third-order valence-electron chi connectivity index (χ3n) is 2.59. The molecule has 2 rings (SSSR count). The predicted molar refractivity (Wildman–Crippen MR) is 70.5 cm³/mol. The SMILES string of the molecule is O=C(Cn1ccnc1)Nc1ccccc1S(=O)(=O)C(F)F. The minimum absolute atomic E-state index is 0.108. The lowest BCUT2D eigenvalue weighted by Gasteiger charge is -2.11. The Labute approximate surface area is 119 Å². The number of para-hydroxylation sites is 1. The Kier molecular flexibility index (Phi) is 4.32. The van der Waals surface area contributed by atoms with Crippen LogP contribution in [-0.2, 0) is 21.2 Å². The minimum atomic E-state index is -4.78. The molecule has 1 heterocycles. The Morgan fingerprint density at radius 2 is 2.05 bits per heavy atom. The summed E-state index contributed by atoms with van der Waals surface area (Å²) >= 11 is 0. The molecule has 9 heteroatoms.